The number of aliphatic hydroxyl groups is 1. The fraction of sp³-hybridized carbons (Fsp3) is 0.714. The number of rotatable bonds is 6. The fourth-order valence-electron chi connectivity index (χ4n) is 3.20. The highest BCUT2D eigenvalue weighted by Crippen LogP contribution is 2.39. The van der Waals surface area contributed by atoms with Crippen LogP contribution in [0, 0.1) is 0 Å². The molecule has 0 spiro atoms. The quantitative estimate of drug-likeness (QED) is 0.558. The zero-order valence-corrected chi connectivity index (χ0v) is 14.7. The van der Waals surface area contributed by atoms with E-state index in [0.29, 0.717) is 5.16 Å². The van der Waals surface area contributed by atoms with Gasteiger partial charge in [0.15, 0.2) is 0 Å². The van der Waals surface area contributed by atoms with Crippen LogP contribution in [-0.2, 0) is 0 Å². The second-order valence-electron chi connectivity index (χ2n) is 7.12. The summed E-state index contributed by atoms with van der Waals surface area (Å²) in [7, 11) is -2.50. The first kappa shape index (κ1) is 16.9. The first-order valence-electron chi connectivity index (χ1n) is 6.48. The van der Waals surface area contributed by atoms with E-state index < -0.39 is 16.1 Å². The average molecular weight is 271 g/mol. The molecule has 0 heterocycles. The van der Waals surface area contributed by atoms with Crippen molar-refractivity contribution >= 4 is 16.1 Å². The molecule has 0 amide bonds. The zero-order chi connectivity index (χ0) is 13.9. The Kier molecular flexibility index (Phi) is 6.12. The Bertz CT molecular complexity index is 268. The van der Waals surface area contributed by atoms with Crippen LogP contribution in [0.5, 0.6) is 0 Å². The normalized spacial score (nSPS) is 15.6. The Hall–Kier alpha value is -0.126. The topological polar surface area (TPSA) is 20.2 Å². The summed E-state index contributed by atoms with van der Waals surface area (Å²) in [5.41, 5.74) is 1.27. The molecular formula is C14H30OSi2. The molecule has 0 saturated heterocycles. The van der Waals surface area contributed by atoms with Gasteiger partial charge in [0.25, 0.3) is 0 Å². The van der Waals surface area contributed by atoms with Gasteiger partial charge < -0.3 is 5.11 Å². The minimum Gasteiger partial charge on any atom is -0.389 e. The lowest BCUT2D eigenvalue weighted by molar-refractivity contribution is 0.223. The third-order valence-electron chi connectivity index (χ3n) is 3.03. The Morgan fingerprint density at radius 2 is 1.53 bits per heavy atom. The number of hydrogen-bond donors (Lipinski definition) is 1. The van der Waals surface area contributed by atoms with Crippen molar-refractivity contribution in [1.82, 2.24) is 0 Å². The summed E-state index contributed by atoms with van der Waals surface area (Å²) in [5, 5.41) is 10.6. The van der Waals surface area contributed by atoms with Crippen LogP contribution < -0.4 is 0 Å². The van der Waals surface area contributed by atoms with E-state index in [1.54, 1.807) is 0 Å². The van der Waals surface area contributed by atoms with E-state index >= 15 is 0 Å². The minimum atomic E-state index is -1.25. The second kappa shape index (κ2) is 6.16. The van der Waals surface area contributed by atoms with Gasteiger partial charge in [0, 0.05) is 16.1 Å². The van der Waals surface area contributed by atoms with Crippen LogP contribution in [0.3, 0.4) is 0 Å². The Labute approximate surface area is 110 Å². The molecule has 1 unspecified atom stereocenters. The molecule has 3 heteroatoms. The van der Waals surface area contributed by atoms with Crippen molar-refractivity contribution in [2.45, 2.75) is 63.9 Å². The van der Waals surface area contributed by atoms with E-state index in [9.17, 15) is 5.11 Å². The van der Waals surface area contributed by atoms with Gasteiger partial charge in [-0.1, -0.05) is 57.0 Å². The lowest BCUT2D eigenvalue weighted by atomic mass is 10.1. The van der Waals surface area contributed by atoms with Crippen molar-refractivity contribution in [2.24, 2.45) is 0 Å². The van der Waals surface area contributed by atoms with Gasteiger partial charge in [-0.3, -0.25) is 0 Å². The maximum absolute atomic E-state index is 9.88. The highest BCUT2D eigenvalue weighted by molar-refractivity contribution is 6.97. The summed E-state index contributed by atoms with van der Waals surface area (Å²) in [4.78, 5) is 0. The van der Waals surface area contributed by atoms with Gasteiger partial charge in [-0.15, -0.1) is 6.58 Å². The van der Waals surface area contributed by atoms with Crippen molar-refractivity contribution in [3.63, 3.8) is 0 Å². The predicted octanol–water partition coefficient (Wildman–Crippen LogP) is 4.46. The van der Waals surface area contributed by atoms with Crippen molar-refractivity contribution in [3.8, 4) is 0 Å². The van der Waals surface area contributed by atoms with Crippen LogP contribution in [0.25, 0.3) is 0 Å². The molecule has 0 radical (unpaired) electrons. The largest absolute Gasteiger partial charge is 0.389 e. The summed E-state index contributed by atoms with van der Waals surface area (Å²) in [6.45, 7) is 20.7. The van der Waals surface area contributed by atoms with E-state index in [1.807, 2.05) is 19.1 Å². The van der Waals surface area contributed by atoms with E-state index in [1.165, 1.54) is 5.57 Å². The molecule has 0 aromatic heterocycles. The Balaban J connectivity index is 4.92. The molecule has 0 aliphatic carbocycles. The molecule has 0 rings (SSSR count). The molecule has 17 heavy (non-hydrogen) atoms. The molecule has 0 aromatic rings. The SMILES string of the molecule is C=C(CC(O)/C=C/C)C([Si](C)(C)C)[Si](C)(C)C. The molecule has 0 saturated carbocycles. The maximum atomic E-state index is 9.88. The first-order chi connectivity index (χ1) is 7.50. The lowest BCUT2D eigenvalue weighted by Crippen LogP contribution is -2.45. The molecular weight excluding hydrogens is 240 g/mol. The van der Waals surface area contributed by atoms with Crippen molar-refractivity contribution < 1.29 is 5.11 Å². The first-order valence-corrected chi connectivity index (χ1v) is 13.6. The second-order valence-corrected chi connectivity index (χ2v) is 18.3. The fourth-order valence-corrected chi connectivity index (χ4v) is 16.3. The average Bonchev–Trinajstić information content (AvgIpc) is 1.96. The summed E-state index contributed by atoms with van der Waals surface area (Å²) in [5.74, 6) is 0. The molecule has 1 N–H and O–H groups in total. The molecule has 0 fully saturated rings. The molecule has 1 nitrogen and oxygen atoms in total. The van der Waals surface area contributed by atoms with Gasteiger partial charge in [0.05, 0.1) is 6.10 Å². The summed E-state index contributed by atoms with van der Waals surface area (Å²) >= 11 is 0. The van der Waals surface area contributed by atoms with Gasteiger partial charge in [-0.05, 0) is 18.5 Å². The summed E-state index contributed by atoms with van der Waals surface area (Å²) in [6, 6.07) is 0. The Morgan fingerprint density at radius 1 is 1.12 bits per heavy atom. The van der Waals surface area contributed by atoms with E-state index in [-0.39, 0.29) is 6.10 Å². The molecule has 0 aromatic carbocycles. The van der Waals surface area contributed by atoms with Gasteiger partial charge in [0.2, 0.25) is 0 Å². The highest BCUT2D eigenvalue weighted by Gasteiger charge is 2.39. The molecule has 0 bridgehead atoms. The lowest BCUT2D eigenvalue weighted by Gasteiger charge is -2.40. The monoisotopic (exact) mass is 270 g/mol. The van der Waals surface area contributed by atoms with Gasteiger partial charge in [-0.2, -0.15) is 0 Å². The molecule has 100 valence electrons. The third-order valence-corrected chi connectivity index (χ3v) is 12.5. The van der Waals surface area contributed by atoms with Crippen LogP contribution in [-0.4, -0.2) is 27.4 Å². The third kappa shape index (κ3) is 5.84. The van der Waals surface area contributed by atoms with E-state index in [4.69, 9.17) is 0 Å². The van der Waals surface area contributed by atoms with Crippen molar-refractivity contribution in [2.75, 3.05) is 0 Å². The smallest absolute Gasteiger partial charge is 0.0757 e. The summed E-state index contributed by atoms with van der Waals surface area (Å²) in [6.07, 6.45) is 4.14. The van der Waals surface area contributed by atoms with Crippen molar-refractivity contribution in [1.29, 1.82) is 0 Å². The van der Waals surface area contributed by atoms with Crippen LogP contribution in [0.15, 0.2) is 24.3 Å². The standard InChI is InChI=1S/C14H30OSi2/c1-9-10-13(15)11-12(2)14(16(3,4)5)17(6,7)8/h9-10,13-15H,2,11H2,1,3-8H3/b10-9+. The summed E-state index contributed by atoms with van der Waals surface area (Å²) < 4.78 is 0. The van der Waals surface area contributed by atoms with Gasteiger partial charge in [-0.25, -0.2) is 0 Å². The molecule has 0 aliphatic heterocycles. The van der Waals surface area contributed by atoms with Crippen LogP contribution in [0.2, 0.25) is 44.4 Å². The van der Waals surface area contributed by atoms with Crippen LogP contribution in [0.1, 0.15) is 13.3 Å². The van der Waals surface area contributed by atoms with Crippen LogP contribution in [0.4, 0.5) is 0 Å². The zero-order valence-electron chi connectivity index (χ0n) is 12.7. The molecule has 1 atom stereocenters. The Morgan fingerprint density at radius 3 is 1.82 bits per heavy atom. The van der Waals surface area contributed by atoms with Crippen molar-refractivity contribution in [3.05, 3.63) is 24.3 Å². The number of hydrogen-bond acceptors (Lipinski definition) is 1. The number of allylic oxidation sites excluding steroid dienone is 1. The maximum Gasteiger partial charge on any atom is 0.0757 e. The van der Waals surface area contributed by atoms with Gasteiger partial charge in [0.1, 0.15) is 0 Å². The minimum absolute atomic E-state index is 0.359. The van der Waals surface area contributed by atoms with E-state index in [2.05, 4.69) is 45.9 Å². The predicted molar refractivity (Wildman–Crippen MR) is 85.0 cm³/mol. The van der Waals surface area contributed by atoms with Gasteiger partial charge >= 0.3 is 0 Å². The highest BCUT2D eigenvalue weighted by atomic mass is 28.4. The van der Waals surface area contributed by atoms with Crippen LogP contribution >= 0.6 is 0 Å². The number of aliphatic hydroxyl groups excluding tert-OH is 1. The van der Waals surface area contributed by atoms with E-state index in [0.717, 1.165) is 6.42 Å². The molecule has 0 aliphatic rings.